The van der Waals surface area contributed by atoms with Crippen molar-refractivity contribution in [2.45, 2.75) is 13.3 Å². The number of anilines is 2. The highest BCUT2D eigenvalue weighted by Crippen LogP contribution is 2.30. The summed E-state index contributed by atoms with van der Waals surface area (Å²) in [5, 5.41) is 3.61. The van der Waals surface area contributed by atoms with Crippen molar-refractivity contribution < 1.29 is 9.21 Å². The molecule has 0 spiro atoms. The summed E-state index contributed by atoms with van der Waals surface area (Å²) in [6.07, 6.45) is 0.136. The first-order valence-corrected chi connectivity index (χ1v) is 10.4. The summed E-state index contributed by atoms with van der Waals surface area (Å²) in [7, 11) is 2.12. The van der Waals surface area contributed by atoms with E-state index in [0.29, 0.717) is 22.4 Å². The number of piperazine rings is 1. The first kappa shape index (κ1) is 20.4. The number of aromatic nitrogens is 1. The Bertz CT molecular complexity index is 1030. The molecule has 1 aromatic heterocycles. The van der Waals surface area contributed by atoms with E-state index in [1.807, 2.05) is 49.4 Å². The maximum atomic E-state index is 12.8. The average Bonchev–Trinajstić information content (AvgIpc) is 3.10. The highest BCUT2D eigenvalue weighted by atomic mass is 35.5. The summed E-state index contributed by atoms with van der Waals surface area (Å²) < 4.78 is 5.77. The highest BCUT2D eigenvalue weighted by Gasteiger charge is 2.20. The van der Waals surface area contributed by atoms with Crippen molar-refractivity contribution in [2.75, 3.05) is 43.4 Å². The summed E-state index contributed by atoms with van der Waals surface area (Å²) >= 11 is 6.21. The lowest BCUT2D eigenvalue weighted by atomic mass is 10.2. The van der Waals surface area contributed by atoms with Crippen molar-refractivity contribution in [3.63, 3.8) is 0 Å². The number of oxazole rings is 1. The second kappa shape index (κ2) is 8.90. The third-order valence-electron chi connectivity index (χ3n) is 5.32. The van der Waals surface area contributed by atoms with Crippen molar-refractivity contribution in [3.8, 4) is 11.5 Å². The number of hydrogen-bond donors (Lipinski definition) is 1. The Morgan fingerprint density at radius 1 is 1.13 bits per heavy atom. The van der Waals surface area contributed by atoms with Crippen LogP contribution in [0.3, 0.4) is 0 Å². The first-order chi connectivity index (χ1) is 14.5. The van der Waals surface area contributed by atoms with Gasteiger partial charge in [-0.05, 0) is 44.3 Å². The van der Waals surface area contributed by atoms with Gasteiger partial charge in [0.2, 0.25) is 11.8 Å². The second-order valence-corrected chi connectivity index (χ2v) is 8.00. The van der Waals surface area contributed by atoms with Crippen LogP contribution in [0.25, 0.3) is 11.5 Å². The molecule has 1 saturated heterocycles. The third-order valence-corrected chi connectivity index (χ3v) is 5.55. The molecule has 1 fully saturated rings. The molecule has 2 aromatic carbocycles. The Labute approximate surface area is 181 Å². The Morgan fingerprint density at radius 2 is 1.87 bits per heavy atom. The van der Waals surface area contributed by atoms with E-state index < -0.39 is 0 Å². The van der Waals surface area contributed by atoms with Gasteiger partial charge in [-0.15, -0.1) is 0 Å². The largest absolute Gasteiger partial charge is 0.441 e. The minimum Gasteiger partial charge on any atom is -0.441 e. The number of carbonyl (C=O) groups excluding carboxylic acids is 1. The van der Waals surface area contributed by atoms with E-state index in [-0.39, 0.29) is 12.3 Å². The zero-order valence-corrected chi connectivity index (χ0v) is 17.9. The highest BCUT2D eigenvalue weighted by molar-refractivity contribution is 6.31. The van der Waals surface area contributed by atoms with Gasteiger partial charge in [0, 0.05) is 36.8 Å². The zero-order chi connectivity index (χ0) is 21.1. The van der Waals surface area contributed by atoms with Crippen molar-refractivity contribution in [2.24, 2.45) is 0 Å². The number of benzene rings is 2. The molecule has 1 aliphatic rings. The van der Waals surface area contributed by atoms with Crippen LogP contribution >= 0.6 is 11.6 Å². The quantitative estimate of drug-likeness (QED) is 0.663. The molecule has 0 unspecified atom stereocenters. The Kier molecular flexibility index (Phi) is 6.06. The SMILES string of the molecule is Cc1oc(-c2ccccc2)nc1CC(=O)Nc1cc(Cl)ccc1N1CCN(C)CC1. The fraction of sp³-hybridized carbons (Fsp3) is 0.304. The zero-order valence-electron chi connectivity index (χ0n) is 17.2. The number of halogens is 1. The molecule has 0 bridgehead atoms. The molecular formula is C23H25ClN4O2. The number of aryl methyl sites for hydroxylation is 1. The molecule has 2 heterocycles. The molecule has 7 heteroatoms. The van der Waals surface area contributed by atoms with Crippen LogP contribution < -0.4 is 10.2 Å². The van der Waals surface area contributed by atoms with Gasteiger partial charge < -0.3 is 19.5 Å². The number of nitrogens with one attached hydrogen (secondary N) is 1. The van der Waals surface area contributed by atoms with E-state index in [2.05, 4.69) is 27.1 Å². The van der Waals surface area contributed by atoms with Crippen molar-refractivity contribution in [1.29, 1.82) is 0 Å². The summed E-state index contributed by atoms with van der Waals surface area (Å²) in [6, 6.07) is 15.3. The number of nitrogens with zero attached hydrogens (tertiary/aromatic N) is 3. The number of rotatable bonds is 5. The normalized spacial score (nSPS) is 14.7. The molecule has 6 nitrogen and oxygen atoms in total. The lowest BCUT2D eigenvalue weighted by molar-refractivity contribution is -0.115. The topological polar surface area (TPSA) is 61.6 Å². The van der Waals surface area contributed by atoms with E-state index in [1.165, 1.54) is 0 Å². The molecule has 0 atom stereocenters. The van der Waals surface area contributed by atoms with Gasteiger partial charge in [-0.25, -0.2) is 4.98 Å². The maximum Gasteiger partial charge on any atom is 0.230 e. The number of amides is 1. The molecule has 3 aromatic rings. The summed E-state index contributed by atoms with van der Waals surface area (Å²) in [5.41, 5.74) is 3.23. The number of hydrogen-bond acceptors (Lipinski definition) is 5. The van der Waals surface area contributed by atoms with Crippen LogP contribution in [0.1, 0.15) is 11.5 Å². The van der Waals surface area contributed by atoms with Crippen molar-refractivity contribution in [1.82, 2.24) is 9.88 Å². The minimum absolute atomic E-state index is 0.136. The van der Waals surface area contributed by atoms with Crippen LogP contribution in [0, 0.1) is 6.92 Å². The van der Waals surface area contributed by atoms with Crippen LogP contribution in [0.4, 0.5) is 11.4 Å². The summed E-state index contributed by atoms with van der Waals surface area (Å²) in [5.74, 6) is 1.02. The summed E-state index contributed by atoms with van der Waals surface area (Å²) in [6.45, 7) is 5.61. The number of likely N-dealkylation sites (N-methyl/N-ethyl adjacent to an activating group) is 1. The molecule has 1 N–H and O–H groups in total. The molecule has 4 rings (SSSR count). The van der Waals surface area contributed by atoms with E-state index in [1.54, 1.807) is 6.07 Å². The molecule has 0 aliphatic carbocycles. The first-order valence-electron chi connectivity index (χ1n) is 10.0. The third kappa shape index (κ3) is 4.66. The Morgan fingerprint density at radius 3 is 2.60 bits per heavy atom. The standard InChI is InChI=1S/C23H25ClN4O2/c1-16-19(26-23(30-16)17-6-4-3-5-7-17)15-22(29)25-20-14-18(24)8-9-21(20)28-12-10-27(2)11-13-28/h3-9,14H,10-13,15H2,1-2H3,(H,25,29). The van der Waals surface area contributed by atoms with Gasteiger partial charge in [0.1, 0.15) is 5.76 Å². The number of carbonyl (C=O) groups is 1. The van der Waals surface area contributed by atoms with Gasteiger partial charge in [0.25, 0.3) is 0 Å². The van der Waals surface area contributed by atoms with E-state index in [4.69, 9.17) is 16.0 Å². The van der Waals surface area contributed by atoms with E-state index in [0.717, 1.165) is 43.1 Å². The van der Waals surface area contributed by atoms with Crippen LogP contribution in [0.2, 0.25) is 5.02 Å². The van der Waals surface area contributed by atoms with Crippen molar-refractivity contribution >= 4 is 28.9 Å². The predicted molar refractivity (Wildman–Crippen MR) is 120 cm³/mol. The van der Waals surface area contributed by atoms with Gasteiger partial charge >= 0.3 is 0 Å². The van der Waals surface area contributed by atoms with Gasteiger partial charge in [-0.3, -0.25) is 4.79 Å². The average molecular weight is 425 g/mol. The lowest BCUT2D eigenvalue weighted by Gasteiger charge is -2.35. The Balaban J connectivity index is 1.50. The van der Waals surface area contributed by atoms with Gasteiger partial charge in [0.05, 0.1) is 23.5 Å². The van der Waals surface area contributed by atoms with Crippen LogP contribution in [0.5, 0.6) is 0 Å². The van der Waals surface area contributed by atoms with Crippen LogP contribution in [-0.4, -0.2) is 49.0 Å². The predicted octanol–water partition coefficient (Wildman–Crippen LogP) is 4.24. The molecule has 0 radical (unpaired) electrons. The molecular weight excluding hydrogens is 400 g/mol. The van der Waals surface area contributed by atoms with Gasteiger partial charge in [0.15, 0.2) is 0 Å². The van der Waals surface area contributed by atoms with Crippen LogP contribution in [-0.2, 0) is 11.2 Å². The van der Waals surface area contributed by atoms with Crippen LogP contribution in [0.15, 0.2) is 52.9 Å². The minimum atomic E-state index is -0.149. The maximum absolute atomic E-state index is 12.8. The van der Waals surface area contributed by atoms with Gasteiger partial charge in [-0.1, -0.05) is 29.8 Å². The summed E-state index contributed by atoms with van der Waals surface area (Å²) in [4.78, 5) is 21.9. The van der Waals surface area contributed by atoms with Crippen molar-refractivity contribution in [3.05, 3.63) is 65.0 Å². The van der Waals surface area contributed by atoms with E-state index >= 15 is 0 Å². The Hall–Kier alpha value is -2.83. The molecule has 1 amide bonds. The molecule has 30 heavy (non-hydrogen) atoms. The van der Waals surface area contributed by atoms with E-state index in [9.17, 15) is 4.79 Å². The monoisotopic (exact) mass is 424 g/mol. The lowest BCUT2D eigenvalue weighted by Crippen LogP contribution is -2.44. The second-order valence-electron chi connectivity index (χ2n) is 7.56. The smallest absolute Gasteiger partial charge is 0.230 e. The molecule has 1 aliphatic heterocycles. The fourth-order valence-electron chi connectivity index (χ4n) is 3.57. The fourth-order valence-corrected chi connectivity index (χ4v) is 3.75. The molecule has 0 saturated carbocycles. The molecule has 156 valence electrons. The van der Waals surface area contributed by atoms with Gasteiger partial charge in [-0.2, -0.15) is 0 Å².